The van der Waals surface area contributed by atoms with Gasteiger partial charge in [0.05, 0.1) is 6.10 Å². The van der Waals surface area contributed by atoms with E-state index < -0.39 is 18.9 Å². The van der Waals surface area contributed by atoms with Crippen LogP contribution in [0.1, 0.15) is 10.4 Å². The number of rotatable bonds is 5. The van der Waals surface area contributed by atoms with E-state index in [9.17, 15) is 23.1 Å². The molecule has 1 heterocycles. The first-order valence-corrected chi connectivity index (χ1v) is 6.82. The van der Waals surface area contributed by atoms with Crippen LogP contribution in [0.25, 0.3) is 0 Å². The van der Waals surface area contributed by atoms with Crippen molar-refractivity contribution in [2.75, 3.05) is 26.2 Å². The fourth-order valence-corrected chi connectivity index (χ4v) is 2.12. The number of carbonyl (C=O) groups excluding carboxylic acids is 1. The summed E-state index contributed by atoms with van der Waals surface area (Å²) in [5, 5.41) is 15.3. The second-order valence-corrected chi connectivity index (χ2v) is 5.12. The van der Waals surface area contributed by atoms with E-state index in [-0.39, 0.29) is 17.6 Å². The van der Waals surface area contributed by atoms with Crippen molar-refractivity contribution < 1.29 is 27.8 Å². The number of aliphatic hydroxyl groups excluding tert-OH is 1. The summed E-state index contributed by atoms with van der Waals surface area (Å²) in [6.45, 7) is 0.0991. The summed E-state index contributed by atoms with van der Waals surface area (Å²) in [6.07, 6.45) is -4.88. The van der Waals surface area contributed by atoms with Crippen molar-refractivity contribution in [3.05, 3.63) is 29.8 Å². The molecule has 1 aromatic rings. The number of halogens is 3. The smallest absolute Gasteiger partial charge is 0.422 e. The van der Waals surface area contributed by atoms with Crippen LogP contribution in [0.5, 0.6) is 5.75 Å². The highest BCUT2D eigenvalue weighted by atomic mass is 19.4. The fraction of sp³-hybridized carbons (Fsp3) is 0.500. The van der Waals surface area contributed by atoms with Gasteiger partial charge >= 0.3 is 6.18 Å². The summed E-state index contributed by atoms with van der Waals surface area (Å²) in [6, 6.07) is 5.41. The number of nitrogens with one attached hydrogen (secondary N) is 2. The number of hydrogen-bond acceptors (Lipinski definition) is 4. The highest BCUT2D eigenvalue weighted by Gasteiger charge is 2.28. The van der Waals surface area contributed by atoms with E-state index in [0.29, 0.717) is 25.2 Å². The summed E-state index contributed by atoms with van der Waals surface area (Å²) in [5.41, 5.74) is 0.319. The standard InChI is InChI=1S/C14H17F3N2O3/c15-14(16,17)8-22-11-3-1-9(2-4-11)13(21)19-6-10-5-18-7-12(10)20/h1-4,10,12,18,20H,5-8H2,(H,19,21). The number of hydrogen-bond donors (Lipinski definition) is 3. The average Bonchev–Trinajstić information content (AvgIpc) is 2.88. The Balaban J connectivity index is 1.83. The van der Waals surface area contributed by atoms with E-state index in [1.165, 1.54) is 24.3 Å². The Kier molecular flexibility index (Phi) is 5.25. The van der Waals surface area contributed by atoms with Crippen LogP contribution < -0.4 is 15.4 Å². The van der Waals surface area contributed by atoms with Crippen molar-refractivity contribution in [1.82, 2.24) is 10.6 Å². The van der Waals surface area contributed by atoms with E-state index in [1.807, 2.05) is 0 Å². The normalized spacial score (nSPS) is 21.6. The summed E-state index contributed by atoms with van der Waals surface area (Å²) in [5.74, 6) is -0.343. The summed E-state index contributed by atoms with van der Waals surface area (Å²) in [7, 11) is 0. The van der Waals surface area contributed by atoms with Gasteiger partial charge in [0.25, 0.3) is 5.91 Å². The number of amides is 1. The molecule has 0 spiro atoms. The second kappa shape index (κ2) is 6.97. The van der Waals surface area contributed by atoms with Crippen molar-refractivity contribution in [2.45, 2.75) is 12.3 Å². The van der Waals surface area contributed by atoms with Gasteiger partial charge in [-0.3, -0.25) is 4.79 Å². The molecule has 8 heteroatoms. The van der Waals surface area contributed by atoms with Crippen LogP contribution in [0.3, 0.4) is 0 Å². The Bertz CT molecular complexity index is 505. The number of aliphatic hydroxyl groups is 1. The summed E-state index contributed by atoms with van der Waals surface area (Å²) >= 11 is 0. The average molecular weight is 318 g/mol. The number of alkyl halides is 3. The van der Waals surface area contributed by atoms with E-state index in [4.69, 9.17) is 0 Å². The first-order valence-electron chi connectivity index (χ1n) is 6.82. The van der Waals surface area contributed by atoms with Gasteiger partial charge in [0.15, 0.2) is 6.61 Å². The van der Waals surface area contributed by atoms with Crippen LogP contribution >= 0.6 is 0 Å². The lowest BCUT2D eigenvalue weighted by Gasteiger charge is -2.14. The maximum atomic E-state index is 12.0. The van der Waals surface area contributed by atoms with Crippen LogP contribution in [0, 0.1) is 5.92 Å². The molecule has 0 aromatic heterocycles. The van der Waals surface area contributed by atoms with Crippen molar-refractivity contribution in [1.29, 1.82) is 0 Å². The largest absolute Gasteiger partial charge is 0.484 e. The maximum absolute atomic E-state index is 12.0. The van der Waals surface area contributed by atoms with Crippen LogP contribution in [-0.2, 0) is 0 Å². The van der Waals surface area contributed by atoms with Gasteiger partial charge in [0.1, 0.15) is 5.75 Å². The lowest BCUT2D eigenvalue weighted by molar-refractivity contribution is -0.153. The molecule has 5 nitrogen and oxygen atoms in total. The molecular formula is C14H17F3N2O3. The first-order chi connectivity index (χ1) is 10.3. The molecule has 0 bridgehead atoms. The number of ether oxygens (including phenoxy) is 1. The fourth-order valence-electron chi connectivity index (χ4n) is 2.12. The molecule has 1 aliphatic heterocycles. The molecule has 1 aromatic carbocycles. The second-order valence-electron chi connectivity index (χ2n) is 5.12. The molecule has 1 saturated heterocycles. The molecule has 0 radical (unpaired) electrons. The molecular weight excluding hydrogens is 301 g/mol. The summed E-state index contributed by atoms with van der Waals surface area (Å²) in [4.78, 5) is 11.9. The predicted octanol–water partition coefficient (Wildman–Crippen LogP) is 0.938. The number of benzene rings is 1. The van der Waals surface area contributed by atoms with Crippen LogP contribution in [0.2, 0.25) is 0 Å². The van der Waals surface area contributed by atoms with Crippen molar-refractivity contribution in [3.8, 4) is 5.75 Å². The first kappa shape index (κ1) is 16.6. The number of β-amino-alcohol motifs (C(OH)–C–C–N with tert-alkyl or cyclic N) is 1. The molecule has 3 N–H and O–H groups in total. The lowest BCUT2D eigenvalue weighted by atomic mass is 10.1. The third kappa shape index (κ3) is 4.88. The molecule has 2 unspecified atom stereocenters. The van der Waals surface area contributed by atoms with Crippen LogP contribution in [-0.4, -0.2) is 49.5 Å². The van der Waals surface area contributed by atoms with E-state index in [2.05, 4.69) is 15.4 Å². The molecule has 1 aliphatic rings. The van der Waals surface area contributed by atoms with Crippen molar-refractivity contribution in [2.24, 2.45) is 5.92 Å². The minimum absolute atomic E-state index is 0.0432. The summed E-state index contributed by atoms with van der Waals surface area (Å²) < 4.78 is 40.6. The highest BCUT2D eigenvalue weighted by molar-refractivity contribution is 5.94. The molecule has 22 heavy (non-hydrogen) atoms. The van der Waals surface area contributed by atoms with E-state index in [0.717, 1.165) is 0 Å². The van der Waals surface area contributed by atoms with Gasteiger partial charge in [-0.15, -0.1) is 0 Å². The molecule has 2 rings (SSSR count). The van der Waals surface area contributed by atoms with Gasteiger partial charge in [-0.25, -0.2) is 0 Å². The molecule has 122 valence electrons. The van der Waals surface area contributed by atoms with Crippen LogP contribution in [0.15, 0.2) is 24.3 Å². The molecule has 2 atom stereocenters. The van der Waals surface area contributed by atoms with Gasteiger partial charge in [-0.2, -0.15) is 13.2 Å². The van der Waals surface area contributed by atoms with E-state index >= 15 is 0 Å². The predicted molar refractivity (Wildman–Crippen MR) is 72.7 cm³/mol. The topological polar surface area (TPSA) is 70.6 Å². The quantitative estimate of drug-likeness (QED) is 0.756. The Morgan fingerprint density at radius 3 is 2.55 bits per heavy atom. The zero-order chi connectivity index (χ0) is 16.2. The van der Waals surface area contributed by atoms with Gasteiger partial charge in [-0.1, -0.05) is 0 Å². The molecule has 1 amide bonds. The third-order valence-electron chi connectivity index (χ3n) is 3.35. The highest BCUT2D eigenvalue weighted by Crippen LogP contribution is 2.19. The SMILES string of the molecule is O=C(NCC1CNCC1O)c1ccc(OCC(F)(F)F)cc1. The monoisotopic (exact) mass is 318 g/mol. The molecule has 0 aliphatic carbocycles. The minimum Gasteiger partial charge on any atom is -0.484 e. The Labute approximate surface area is 125 Å². The Morgan fingerprint density at radius 1 is 1.32 bits per heavy atom. The van der Waals surface area contributed by atoms with Gasteiger partial charge < -0.3 is 20.5 Å². The van der Waals surface area contributed by atoms with Crippen molar-refractivity contribution >= 4 is 5.91 Å². The zero-order valence-corrected chi connectivity index (χ0v) is 11.7. The zero-order valence-electron chi connectivity index (χ0n) is 11.7. The van der Waals surface area contributed by atoms with Crippen LogP contribution in [0.4, 0.5) is 13.2 Å². The number of carbonyl (C=O) groups is 1. The molecule has 1 fully saturated rings. The minimum atomic E-state index is -4.40. The van der Waals surface area contributed by atoms with Crippen molar-refractivity contribution in [3.63, 3.8) is 0 Å². The van der Waals surface area contributed by atoms with Gasteiger partial charge in [0, 0.05) is 31.1 Å². The Hall–Kier alpha value is -1.80. The Morgan fingerprint density at radius 2 is 2.00 bits per heavy atom. The lowest BCUT2D eigenvalue weighted by Crippen LogP contribution is -2.34. The maximum Gasteiger partial charge on any atom is 0.422 e. The van der Waals surface area contributed by atoms with Gasteiger partial charge in [0.2, 0.25) is 0 Å². The third-order valence-corrected chi connectivity index (χ3v) is 3.35. The van der Waals surface area contributed by atoms with Gasteiger partial charge in [-0.05, 0) is 24.3 Å². The van der Waals surface area contributed by atoms with E-state index in [1.54, 1.807) is 0 Å². The molecule has 0 saturated carbocycles.